The Labute approximate surface area is 141 Å². The number of benzene rings is 2. The number of carboxylic acids is 1. The van der Waals surface area contributed by atoms with Gasteiger partial charge in [-0.3, -0.25) is 4.79 Å². The Morgan fingerprint density at radius 2 is 1.96 bits per heavy atom. The first-order valence-corrected chi connectivity index (χ1v) is 8.01. The molecule has 2 rings (SSSR count). The summed E-state index contributed by atoms with van der Waals surface area (Å²) in [5.41, 5.74) is 3.84. The minimum atomic E-state index is -0.832. The highest BCUT2D eigenvalue weighted by Gasteiger charge is 2.22. The first-order chi connectivity index (χ1) is 10.9. The fourth-order valence-electron chi connectivity index (χ4n) is 2.73. The second-order valence-corrected chi connectivity index (χ2v) is 6.06. The molecule has 0 heterocycles. The van der Waals surface area contributed by atoms with Gasteiger partial charge in [-0.05, 0) is 56.0 Å². The maximum Gasteiger partial charge on any atom is 0.311 e. The Hall–Kier alpha value is -2.00. The lowest BCUT2D eigenvalue weighted by molar-refractivity contribution is -0.138. The van der Waals surface area contributed by atoms with Crippen LogP contribution in [0.4, 0.5) is 0 Å². The number of aliphatic carboxylic acids is 1. The maximum absolute atomic E-state index is 11.7. The minimum Gasteiger partial charge on any atom is -0.492 e. The molecule has 1 N–H and O–H groups in total. The normalized spacial score (nSPS) is 12.0. The largest absolute Gasteiger partial charge is 0.492 e. The molecule has 3 nitrogen and oxygen atoms in total. The van der Waals surface area contributed by atoms with Crippen molar-refractivity contribution in [3.63, 3.8) is 0 Å². The molecule has 0 aliphatic heterocycles. The van der Waals surface area contributed by atoms with Crippen LogP contribution in [0.15, 0.2) is 36.4 Å². The van der Waals surface area contributed by atoms with Crippen molar-refractivity contribution in [2.75, 3.05) is 6.61 Å². The summed E-state index contributed by atoms with van der Waals surface area (Å²) in [4.78, 5) is 11.7. The quantitative estimate of drug-likeness (QED) is 0.829. The second kappa shape index (κ2) is 7.51. The van der Waals surface area contributed by atoms with E-state index in [0.717, 1.165) is 22.3 Å². The Balaban J connectivity index is 2.30. The summed E-state index contributed by atoms with van der Waals surface area (Å²) in [5.74, 6) is -0.803. The molecule has 2 aromatic rings. The van der Waals surface area contributed by atoms with Crippen molar-refractivity contribution < 1.29 is 14.6 Å². The summed E-state index contributed by atoms with van der Waals surface area (Å²) in [6.07, 6.45) is 0.394. The number of hydrogen-bond donors (Lipinski definition) is 1. The van der Waals surface area contributed by atoms with Crippen molar-refractivity contribution in [3.05, 3.63) is 63.7 Å². The minimum absolute atomic E-state index is 0.394. The smallest absolute Gasteiger partial charge is 0.311 e. The summed E-state index contributed by atoms with van der Waals surface area (Å²) in [6.45, 7) is 6.38. The van der Waals surface area contributed by atoms with Gasteiger partial charge in [0.05, 0.1) is 17.5 Å². The van der Waals surface area contributed by atoms with E-state index in [1.54, 1.807) is 12.1 Å². The molecule has 1 atom stereocenters. The average Bonchev–Trinajstić information content (AvgIpc) is 2.48. The van der Waals surface area contributed by atoms with E-state index in [9.17, 15) is 9.90 Å². The lowest BCUT2D eigenvalue weighted by Crippen LogP contribution is -2.15. The van der Waals surface area contributed by atoms with Gasteiger partial charge < -0.3 is 9.84 Å². The van der Waals surface area contributed by atoms with Gasteiger partial charge in [0.25, 0.3) is 0 Å². The Morgan fingerprint density at radius 3 is 2.52 bits per heavy atom. The van der Waals surface area contributed by atoms with E-state index in [0.29, 0.717) is 23.8 Å². The summed E-state index contributed by atoms with van der Waals surface area (Å²) < 4.78 is 5.41. The van der Waals surface area contributed by atoms with Crippen LogP contribution in [0.25, 0.3) is 0 Å². The number of carboxylic acid groups (broad SMARTS) is 1. The van der Waals surface area contributed by atoms with E-state index < -0.39 is 11.9 Å². The van der Waals surface area contributed by atoms with Crippen LogP contribution >= 0.6 is 11.6 Å². The highest BCUT2D eigenvalue weighted by atomic mass is 35.5. The van der Waals surface area contributed by atoms with Gasteiger partial charge in [-0.15, -0.1) is 0 Å². The lowest BCUT2D eigenvalue weighted by atomic mass is 9.88. The molecule has 0 saturated heterocycles. The molecule has 0 aliphatic carbocycles. The van der Waals surface area contributed by atoms with E-state index in [2.05, 4.69) is 0 Å². The van der Waals surface area contributed by atoms with Crippen molar-refractivity contribution >= 4 is 17.6 Å². The molecule has 1 unspecified atom stereocenters. The van der Waals surface area contributed by atoms with E-state index in [1.165, 1.54) is 0 Å². The van der Waals surface area contributed by atoms with Crippen LogP contribution in [0, 0.1) is 13.8 Å². The molecule has 0 radical (unpaired) electrons. The zero-order valence-electron chi connectivity index (χ0n) is 13.6. The van der Waals surface area contributed by atoms with Crippen LogP contribution in [-0.4, -0.2) is 17.7 Å². The first kappa shape index (κ1) is 17.4. The summed E-state index contributed by atoms with van der Waals surface area (Å²) in [6, 6.07) is 11.3. The molecule has 122 valence electrons. The zero-order chi connectivity index (χ0) is 17.0. The predicted octanol–water partition coefficient (Wildman–Crippen LogP) is 4.77. The van der Waals surface area contributed by atoms with Crippen molar-refractivity contribution in [3.8, 4) is 5.75 Å². The van der Waals surface area contributed by atoms with Crippen molar-refractivity contribution in [2.45, 2.75) is 33.1 Å². The number of halogens is 1. The molecule has 0 saturated carbocycles. The fourth-order valence-corrected chi connectivity index (χ4v) is 2.98. The van der Waals surface area contributed by atoms with Crippen LogP contribution < -0.4 is 4.74 Å². The Morgan fingerprint density at radius 1 is 1.22 bits per heavy atom. The monoisotopic (exact) mass is 332 g/mol. The number of carbonyl (C=O) groups is 1. The van der Waals surface area contributed by atoms with Crippen LogP contribution in [0.3, 0.4) is 0 Å². The third-order valence-corrected chi connectivity index (χ3v) is 4.13. The first-order valence-electron chi connectivity index (χ1n) is 7.63. The number of rotatable bonds is 6. The van der Waals surface area contributed by atoms with Crippen molar-refractivity contribution in [1.82, 2.24) is 0 Å². The van der Waals surface area contributed by atoms with Crippen LogP contribution in [0.5, 0.6) is 5.75 Å². The van der Waals surface area contributed by atoms with E-state index in [4.69, 9.17) is 16.3 Å². The van der Waals surface area contributed by atoms with Crippen LogP contribution in [0.1, 0.15) is 35.1 Å². The van der Waals surface area contributed by atoms with Gasteiger partial charge in [-0.1, -0.05) is 41.4 Å². The van der Waals surface area contributed by atoms with Gasteiger partial charge >= 0.3 is 5.97 Å². The van der Waals surface area contributed by atoms with E-state index in [1.807, 2.05) is 45.0 Å². The third-order valence-electron chi connectivity index (χ3n) is 3.83. The summed E-state index contributed by atoms with van der Waals surface area (Å²) >= 11 is 6.20. The van der Waals surface area contributed by atoms with Crippen LogP contribution in [0.2, 0.25) is 5.02 Å². The van der Waals surface area contributed by atoms with Gasteiger partial charge in [0.15, 0.2) is 0 Å². The fraction of sp³-hybridized carbons (Fsp3) is 0.316. The molecule has 0 aliphatic rings. The van der Waals surface area contributed by atoms with E-state index >= 15 is 0 Å². The number of aryl methyl sites for hydroxylation is 2. The molecule has 23 heavy (non-hydrogen) atoms. The van der Waals surface area contributed by atoms with Crippen molar-refractivity contribution in [1.29, 1.82) is 0 Å². The average molecular weight is 333 g/mol. The highest BCUT2D eigenvalue weighted by molar-refractivity contribution is 6.32. The highest BCUT2D eigenvalue weighted by Crippen LogP contribution is 2.30. The predicted molar refractivity (Wildman–Crippen MR) is 92.6 cm³/mol. The SMILES string of the molecule is CCOc1ccc(CC(C(=O)O)c2ccc(C)cc2C)cc1Cl. The molecular weight excluding hydrogens is 312 g/mol. The lowest BCUT2D eigenvalue weighted by Gasteiger charge is -2.17. The molecular formula is C19H21ClO3. The summed E-state index contributed by atoms with van der Waals surface area (Å²) in [7, 11) is 0. The van der Waals surface area contributed by atoms with Gasteiger partial charge in [0.2, 0.25) is 0 Å². The zero-order valence-corrected chi connectivity index (χ0v) is 14.4. The Kier molecular flexibility index (Phi) is 5.67. The number of ether oxygens (including phenoxy) is 1. The molecule has 0 amide bonds. The molecule has 0 bridgehead atoms. The molecule has 0 fully saturated rings. The second-order valence-electron chi connectivity index (χ2n) is 5.65. The maximum atomic E-state index is 11.7. The molecule has 2 aromatic carbocycles. The van der Waals surface area contributed by atoms with Gasteiger partial charge in [-0.25, -0.2) is 0 Å². The van der Waals surface area contributed by atoms with Gasteiger partial charge in [0, 0.05) is 0 Å². The standard InChI is InChI=1S/C19H21ClO3/c1-4-23-18-8-6-14(11-17(18)20)10-16(19(21)22)15-7-5-12(2)9-13(15)3/h5-9,11,16H,4,10H2,1-3H3,(H,21,22). The topological polar surface area (TPSA) is 46.5 Å². The van der Waals surface area contributed by atoms with Crippen LogP contribution in [-0.2, 0) is 11.2 Å². The number of hydrogen-bond acceptors (Lipinski definition) is 2. The third kappa shape index (κ3) is 4.26. The van der Waals surface area contributed by atoms with Gasteiger partial charge in [0.1, 0.15) is 5.75 Å². The molecule has 4 heteroatoms. The van der Waals surface area contributed by atoms with Gasteiger partial charge in [-0.2, -0.15) is 0 Å². The molecule has 0 spiro atoms. The van der Waals surface area contributed by atoms with Crippen molar-refractivity contribution in [2.24, 2.45) is 0 Å². The molecule has 0 aromatic heterocycles. The Bertz CT molecular complexity index is 710. The van der Waals surface area contributed by atoms with E-state index in [-0.39, 0.29) is 0 Å². The summed E-state index contributed by atoms with van der Waals surface area (Å²) in [5, 5.41) is 10.1.